The minimum absolute atomic E-state index is 0.0449. The summed E-state index contributed by atoms with van der Waals surface area (Å²) in [6.07, 6.45) is 3.02. The first-order valence-electron chi connectivity index (χ1n) is 11.1. The SMILES string of the molecule is Cc1ccc2c(c1)s/c(=N\S(=O)(=O)c1cccc3cccnc13)n2S(=O)(=O)c1cccc2cccnc12. The van der Waals surface area contributed by atoms with E-state index in [4.69, 9.17) is 0 Å². The average Bonchev–Trinajstić information content (AvgIpc) is 3.24. The van der Waals surface area contributed by atoms with Gasteiger partial charge in [0.15, 0.2) is 0 Å². The highest BCUT2D eigenvalue weighted by molar-refractivity contribution is 7.91. The molecule has 0 bridgehead atoms. The Kier molecular flexibility index (Phi) is 5.44. The van der Waals surface area contributed by atoms with Crippen molar-refractivity contribution in [3.8, 4) is 0 Å². The van der Waals surface area contributed by atoms with Gasteiger partial charge in [-0.15, -0.1) is 4.40 Å². The number of hydrogen-bond donors (Lipinski definition) is 0. The third-order valence-corrected chi connectivity index (χ3v) is 10.2. The van der Waals surface area contributed by atoms with Gasteiger partial charge in [-0.2, -0.15) is 8.42 Å². The second-order valence-corrected chi connectivity index (χ2v) is 12.7. The molecule has 37 heavy (non-hydrogen) atoms. The fourth-order valence-electron chi connectivity index (χ4n) is 4.22. The van der Waals surface area contributed by atoms with Crippen molar-refractivity contribution in [3.63, 3.8) is 0 Å². The van der Waals surface area contributed by atoms with Gasteiger partial charge in [0.2, 0.25) is 4.80 Å². The van der Waals surface area contributed by atoms with E-state index in [0.29, 0.717) is 21.0 Å². The number of sulfonamides is 1. The summed E-state index contributed by atoms with van der Waals surface area (Å²) in [5, 5.41) is 1.28. The lowest BCUT2D eigenvalue weighted by Gasteiger charge is -2.10. The van der Waals surface area contributed by atoms with Gasteiger partial charge in [-0.3, -0.25) is 9.97 Å². The standard InChI is InChI=1S/C26H18N4O4S3/c1-17-12-13-20-21(16-17)35-26(29-36(31,32)22-10-2-6-18-8-4-14-27-24(18)22)30(20)37(33,34)23-11-3-7-19-9-5-15-28-25(19)23/h2-16H,1H3/b29-26-. The number of benzene rings is 3. The van der Waals surface area contributed by atoms with Gasteiger partial charge < -0.3 is 0 Å². The molecule has 6 aromatic rings. The fourth-order valence-corrected chi connectivity index (χ4v) is 8.64. The van der Waals surface area contributed by atoms with Crippen LogP contribution in [0.15, 0.2) is 105 Å². The van der Waals surface area contributed by atoms with Crippen molar-refractivity contribution in [2.45, 2.75) is 16.7 Å². The molecule has 0 atom stereocenters. The van der Waals surface area contributed by atoms with Gasteiger partial charge in [0.25, 0.3) is 20.0 Å². The summed E-state index contributed by atoms with van der Waals surface area (Å²) in [4.78, 5) is 8.18. The summed E-state index contributed by atoms with van der Waals surface area (Å²) in [5.41, 5.74) is 1.78. The summed E-state index contributed by atoms with van der Waals surface area (Å²) in [6, 6.07) is 21.8. The van der Waals surface area contributed by atoms with Gasteiger partial charge in [0.1, 0.15) is 9.79 Å². The molecule has 0 saturated heterocycles. The lowest BCUT2D eigenvalue weighted by atomic mass is 10.2. The molecule has 3 aromatic carbocycles. The number of pyridine rings is 2. The molecular formula is C26H18N4O4S3. The Morgan fingerprint density at radius 2 is 1.35 bits per heavy atom. The molecule has 6 rings (SSSR count). The fraction of sp³-hybridized carbons (Fsp3) is 0.0385. The summed E-state index contributed by atoms with van der Waals surface area (Å²) < 4.78 is 61.0. The van der Waals surface area contributed by atoms with Crippen molar-refractivity contribution < 1.29 is 16.8 Å². The van der Waals surface area contributed by atoms with E-state index in [0.717, 1.165) is 20.9 Å². The highest BCUT2D eigenvalue weighted by atomic mass is 32.2. The molecule has 184 valence electrons. The second-order valence-electron chi connectivity index (χ2n) is 8.35. The minimum Gasteiger partial charge on any atom is -0.255 e. The average molecular weight is 547 g/mol. The highest BCUT2D eigenvalue weighted by Gasteiger charge is 2.27. The maximum Gasteiger partial charge on any atom is 0.287 e. The third-order valence-electron chi connectivity index (χ3n) is 5.89. The molecule has 0 aliphatic rings. The van der Waals surface area contributed by atoms with Crippen LogP contribution in [0.5, 0.6) is 0 Å². The molecule has 8 nitrogen and oxygen atoms in total. The van der Waals surface area contributed by atoms with Crippen molar-refractivity contribution in [1.29, 1.82) is 0 Å². The molecule has 0 aliphatic carbocycles. The van der Waals surface area contributed by atoms with Crippen molar-refractivity contribution in [1.82, 2.24) is 13.9 Å². The van der Waals surface area contributed by atoms with Gasteiger partial charge in [-0.25, -0.2) is 12.4 Å². The number of para-hydroxylation sites is 2. The van der Waals surface area contributed by atoms with Crippen LogP contribution >= 0.6 is 11.3 Å². The number of aryl methyl sites for hydroxylation is 1. The zero-order valence-corrected chi connectivity index (χ0v) is 21.8. The first-order valence-corrected chi connectivity index (χ1v) is 14.8. The van der Waals surface area contributed by atoms with Gasteiger partial charge in [-0.1, -0.05) is 53.8 Å². The van der Waals surface area contributed by atoms with Crippen molar-refractivity contribution >= 4 is 63.4 Å². The molecule has 0 N–H and O–H groups in total. The van der Waals surface area contributed by atoms with Gasteiger partial charge in [-0.05, 0) is 48.9 Å². The van der Waals surface area contributed by atoms with Crippen molar-refractivity contribution in [2.75, 3.05) is 0 Å². The topological polar surface area (TPSA) is 111 Å². The van der Waals surface area contributed by atoms with Crippen LogP contribution in [0.4, 0.5) is 0 Å². The van der Waals surface area contributed by atoms with Crippen LogP contribution in [-0.2, 0) is 20.0 Å². The molecule has 0 amide bonds. The summed E-state index contributed by atoms with van der Waals surface area (Å²) in [7, 11) is -8.63. The maximum atomic E-state index is 14.1. The van der Waals surface area contributed by atoms with Crippen LogP contribution in [0.25, 0.3) is 32.0 Å². The highest BCUT2D eigenvalue weighted by Crippen LogP contribution is 2.28. The van der Waals surface area contributed by atoms with Crippen LogP contribution in [0.3, 0.4) is 0 Å². The maximum absolute atomic E-state index is 14.1. The predicted molar refractivity (Wildman–Crippen MR) is 143 cm³/mol. The molecule has 0 radical (unpaired) electrons. The van der Waals surface area contributed by atoms with E-state index < -0.39 is 20.0 Å². The molecule has 0 fully saturated rings. The molecular weight excluding hydrogens is 529 g/mol. The van der Waals surface area contributed by atoms with Crippen molar-refractivity contribution in [2.24, 2.45) is 4.40 Å². The Balaban J connectivity index is 1.68. The van der Waals surface area contributed by atoms with E-state index in [1.807, 2.05) is 6.92 Å². The molecule has 0 aliphatic heterocycles. The van der Waals surface area contributed by atoms with E-state index in [1.54, 1.807) is 66.7 Å². The van der Waals surface area contributed by atoms with E-state index in [2.05, 4.69) is 14.4 Å². The second kappa shape index (κ2) is 8.58. The number of aromatic nitrogens is 3. The number of nitrogens with zero attached hydrogens (tertiary/aromatic N) is 4. The van der Waals surface area contributed by atoms with E-state index in [9.17, 15) is 16.8 Å². The van der Waals surface area contributed by atoms with Crippen LogP contribution in [-0.4, -0.2) is 30.8 Å². The van der Waals surface area contributed by atoms with Crippen LogP contribution < -0.4 is 4.80 Å². The molecule has 11 heteroatoms. The number of thiazole rings is 1. The third kappa shape index (κ3) is 3.91. The van der Waals surface area contributed by atoms with Gasteiger partial charge in [0, 0.05) is 23.2 Å². The van der Waals surface area contributed by atoms with Gasteiger partial charge in [0.05, 0.1) is 21.3 Å². The predicted octanol–water partition coefficient (Wildman–Crippen LogP) is 4.63. The van der Waals surface area contributed by atoms with E-state index >= 15 is 0 Å². The first-order chi connectivity index (χ1) is 17.8. The van der Waals surface area contributed by atoms with Crippen LogP contribution in [0, 0.1) is 6.92 Å². The number of rotatable bonds is 4. The molecule has 3 aromatic heterocycles. The van der Waals surface area contributed by atoms with E-state index in [1.165, 1.54) is 24.5 Å². The summed E-state index contributed by atoms with van der Waals surface area (Å²) in [5.74, 6) is 0. The number of fused-ring (bicyclic) bond motifs is 3. The van der Waals surface area contributed by atoms with Crippen LogP contribution in [0.1, 0.15) is 5.56 Å². The summed E-state index contributed by atoms with van der Waals surface area (Å²) in [6.45, 7) is 1.88. The summed E-state index contributed by atoms with van der Waals surface area (Å²) >= 11 is 0.989. The largest absolute Gasteiger partial charge is 0.287 e. The normalized spacial score (nSPS) is 13.1. The Labute approximate surface area is 216 Å². The zero-order chi connectivity index (χ0) is 25.8. The Hall–Kier alpha value is -3.93. The molecule has 0 spiro atoms. The number of hydrogen-bond acceptors (Lipinski definition) is 7. The Bertz CT molecular complexity index is 2140. The first kappa shape index (κ1) is 23.5. The Morgan fingerprint density at radius 1 is 0.757 bits per heavy atom. The molecule has 0 unspecified atom stereocenters. The minimum atomic E-state index is -4.33. The van der Waals surface area contributed by atoms with Crippen LogP contribution in [0.2, 0.25) is 0 Å². The Morgan fingerprint density at radius 3 is 2.03 bits per heavy atom. The van der Waals surface area contributed by atoms with Crippen molar-refractivity contribution in [3.05, 3.63) is 102 Å². The van der Waals surface area contributed by atoms with E-state index in [-0.39, 0.29) is 25.6 Å². The molecule has 3 heterocycles. The zero-order valence-electron chi connectivity index (χ0n) is 19.3. The lowest BCUT2D eigenvalue weighted by Crippen LogP contribution is -2.25. The quantitative estimate of drug-likeness (QED) is 0.319. The van der Waals surface area contributed by atoms with Gasteiger partial charge >= 0.3 is 0 Å². The smallest absolute Gasteiger partial charge is 0.255 e. The molecule has 0 saturated carbocycles. The monoisotopic (exact) mass is 546 g/mol. The lowest BCUT2D eigenvalue weighted by molar-refractivity contribution is 0.588.